The van der Waals surface area contributed by atoms with Gasteiger partial charge in [0.05, 0.1) is 17.8 Å². The minimum Gasteiger partial charge on any atom is -0.402 e. The third-order valence-corrected chi connectivity index (χ3v) is 5.58. The van der Waals surface area contributed by atoms with Gasteiger partial charge in [-0.05, 0) is 48.5 Å². The van der Waals surface area contributed by atoms with Crippen molar-refractivity contribution < 1.29 is 9.59 Å². The smallest absolute Gasteiger partial charge is 0.253 e. The van der Waals surface area contributed by atoms with Crippen LogP contribution in [0.25, 0.3) is 22.4 Å². The predicted octanol–water partition coefficient (Wildman–Crippen LogP) is 3.87. The van der Waals surface area contributed by atoms with Crippen molar-refractivity contribution in [1.82, 2.24) is 19.8 Å². The average molecular weight is 442 g/mol. The van der Waals surface area contributed by atoms with E-state index in [4.69, 9.17) is 0 Å². The van der Waals surface area contributed by atoms with E-state index in [-0.39, 0.29) is 18.4 Å². The molecule has 0 saturated carbocycles. The van der Waals surface area contributed by atoms with Crippen LogP contribution in [0.1, 0.15) is 16.1 Å². The summed E-state index contributed by atoms with van der Waals surface area (Å²) in [5.41, 5.74) is 5.35. The molecule has 159 valence electrons. The largest absolute Gasteiger partial charge is 0.402 e. The van der Waals surface area contributed by atoms with E-state index in [0.29, 0.717) is 10.7 Å². The van der Waals surface area contributed by atoms with E-state index in [9.17, 15) is 9.59 Å². The standard InChI is InChI=1S/C23H21BN5O2S/c1-15-10-17(6-8-25-15)16-4-3-5-18(11-16)20-14-32-23(27-20)28-21(30)12-26-22(31)19-7-9-29(13-19)24-2/h3-11,13-14H,12H2,1-2H3,(H,26,31)(H,27,28,30). The lowest BCUT2D eigenvalue weighted by atomic mass is 10.0. The quantitative estimate of drug-likeness (QED) is 0.426. The molecule has 0 aliphatic rings. The van der Waals surface area contributed by atoms with Crippen molar-refractivity contribution in [2.75, 3.05) is 11.9 Å². The monoisotopic (exact) mass is 442 g/mol. The maximum atomic E-state index is 12.2. The summed E-state index contributed by atoms with van der Waals surface area (Å²) in [4.78, 5) is 33.2. The third kappa shape index (κ3) is 5.12. The molecular formula is C23H21BN5O2S. The van der Waals surface area contributed by atoms with Crippen LogP contribution in [0.2, 0.25) is 6.82 Å². The number of benzene rings is 1. The lowest BCUT2D eigenvalue weighted by Gasteiger charge is -2.05. The maximum Gasteiger partial charge on any atom is 0.253 e. The summed E-state index contributed by atoms with van der Waals surface area (Å²) in [7, 11) is 1.83. The van der Waals surface area contributed by atoms with Crippen LogP contribution in [0.5, 0.6) is 0 Å². The van der Waals surface area contributed by atoms with Gasteiger partial charge in [0.15, 0.2) is 5.13 Å². The van der Waals surface area contributed by atoms with E-state index in [1.54, 1.807) is 29.1 Å². The van der Waals surface area contributed by atoms with Gasteiger partial charge in [-0.2, -0.15) is 0 Å². The lowest BCUT2D eigenvalue weighted by Crippen LogP contribution is -2.32. The molecule has 0 saturated heterocycles. The summed E-state index contributed by atoms with van der Waals surface area (Å²) in [6.45, 7) is 3.70. The van der Waals surface area contributed by atoms with Crippen LogP contribution >= 0.6 is 11.3 Å². The van der Waals surface area contributed by atoms with E-state index in [2.05, 4.69) is 26.7 Å². The first-order chi connectivity index (χ1) is 15.5. The van der Waals surface area contributed by atoms with Crippen LogP contribution in [0.3, 0.4) is 0 Å². The van der Waals surface area contributed by atoms with Gasteiger partial charge in [-0.25, -0.2) is 4.98 Å². The van der Waals surface area contributed by atoms with Gasteiger partial charge in [-0.15, -0.1) is 11.3 Å². The van der Waals surface area contributed by atoms with Crippen molar-refractivity contribution >= 4 is 35.7 Å². The highest BCUT2D eigenvalue weighted by Gasteiger charge is 2.12. The number of aryl methyl sites for hydroxylation is 1. The molecule has 0 atom stereocenters. The molecule has 4 rings (SSSR count). The van der Waals surface area contributed by atoms with Crippen LogP contribution in [0.4, 0.5) is 5.13 Å². The average Bonchev–Trinajstić information content (AvgIpc) is 3.47. The van der Waals surface area contributed by atoms with Crippen LogP contribution in [-0.4, -0.2) is 40.2 Å². The number of carbonyl (C=O) groups excluding carboxylic acids is 2. The Morgan fingerprint density at radius 1 is 1.12 bits per heavy atom. The Kier molecular flexibility index (Phi) is 6.46. The second-order valence-corrected chi connectivity index (χ2v) is 8.00. The molecule has 0 aliphatic carbocycles. The second kappa shape index (κ2) is 9.61. The molecule has 3 aromatic heterocycles. The van der Waals surface area contributed by atoms with Gasteiger partial charge < -0.3 is 15.1 Å². The minimum absolute atomic E-state index is 0.133. The number of nitrogens with zero attached hydrogens (tertiary/aromatic N) is 3. The van der Waals surface area contributed by atoms with E-state index >= 15 is 0 Å². The zero-order chi connectivity index (χ0) is 22.5. The fraction of sp³-hybridized carbons (Fsp3) is 0.130. The van der Waals surface area contributed by atoms with E-state index < -0.39 is 0 Å². The lowest BCUT2D eigenvalue weighted by molar-refractivity contribution is -0.115. The normalized spacial score (nSPS) is 10.6. The van der Waals surface area contributed by atoms with Gasteiger partial charge in [0.25, 0.3) is 5.91 Å². The van der Waals surface area contributed by atoms with Crippen LogP contribution < -0.4 is 10.6 Å². The van der Waals surface area contributed by atoms with Gasteiger partial charge in [-0.3, -0.25) is 14.6 Å². The first kappa shape index (κ1) is 21.5. The summed E-state index contributed by atoms with van der Waals surface area (Å²) in [5.74, 6) is -0.634. The van der Waals surface area contributed by atoms with Crippen molar-refractivity contribution in [1.29, 1.82) is 0 Å². The molecule has 2 amide bonds. The third-order valence-electron chi connectivity index (χ3n) is 4.82. The van der Waals surface area contributed by atoms with Gasteiger partial charge >= 0.3 is 0 Å². The molecule has 0 bridgehead atoms. The molecule has 32 heavy (non-hydrogen) atoms. The Morgan fingerprint density at radius 3 is 2.72 bits per heavy atom. The molecule has 1 aromatic carbocycles. The van der Waals surface area contributed by atoms with E-state index in [1.807, 2.05) is 56.9 Å². The zero-order valence-corrected chi connectivity index (χ0v) is 18.5. The Balaban J connectivity index is 1.38. The van der Waals surface area contributed by atoms with Gasteiger partial charge in [0.2, 0.25) is 13.3 Å². The molecular weight excluding hydrogens is 421 g/mol. The van der Waals surface area contributed by atoms with Crippen LogP contribution in [0, 0.1) is 6.92 Å². The zero-order valence-electron chi connectivity index (χ0n) is 17.7. The predicted molar refractivity (Wildman–Crippen MR) is 128 cm³/mol. The topological polar surface area (TPSA) is 88.9 Å². The van der Waals surface area contributed by atoms with Gasteiger partial charge in [0.1, 0.15) is 0 Å². The molecule has 0 aliphatic heterocycles. The van der Waals surface area contributed by atoms with Crippen molar-refractivity contribution in [3.63, 3.8) is 0 Å². The van der Waals surface area contributed by atoms with Crippen LogP contribution in [0.15, 0.2) is 66.4 Å². The van der Waals surface area contributed by atoms with E-state index in [1.165, 1.54) is 11.3 Å². The maximum absolute atomic E-state index is 12.2. The summed E-state index contributed by atoms with van der Waals surface area (Å²) in [6.07, 6.45) is 5.27. The molecule has 7 nitrogen and oxygen atoms in total. The summed E-state index contributed by atoms with van der Waals surface area (Å²) >= 11 is 1.34. The Labute approximate surface area is 190 Å². The molecule has 0 unspecified atom stereocenters. The first-order valence-corrected chi connectivity index (χ1v) is 10.9. The fourth-order valence-corrected chi connectivity index (χ4v) is 3.92. The molecule has 3 heterocycles. The Morgan fingerprint density at radius 2 is 1.94 bits per heavy atom. The fourth-order valence-electron chi connectivity index (χ4n) is 3.18. The molecule has 4 aromatic rings. The highest BCUT2D eigenvalue weighted by molar-refractivity contribution is 7.14. The van der Waals surface area contributed by atoms with Crippen molar-refractivity contribution in [2.24, 2.45) is 0 Å². The summed E-state index contributed by atoms with van der Waals surface area (Å²) in [5, 5.41) is 7.74. The number of nitrogens with one attached hydrogen (secondary N) is 2. The Hall–Kier alpha value is -3.72. The molecule has 2 N–H and O–H groups in total. The first-order valence-electron chi connectivity index (χ1n) is 10.1. The highest BCUT2D eigenvalue weighted by atomic mass is 32.1. The number of aromatic nitrogens is 3. The SMILES string of the molecule is C[B]n1ccc(C(=O)NCC(=O)Nc2nc(-c3cccc(-c4ccnc(C)c4)c3)cs2)c1. The molecule has 9 heteroatoms. The van der Waals surface area contributed by atoms with Gasteiger partial charge in [-0.1, -0.05) is 25.0 Å². The highest BCUT2D eigenvalue weighted by Crippen LogP contribution is 2.29. The number of pyridine rings is 1. The molecule has 0 fully saturated rings. The van der Waals surface area contributed by atoms with Crippen molar-refractivity contribution in [3.8, 4) is 22.4 Å². The van der Waals surface area contributed by atoms with Gasteiger partial charge in [0, 0.05) is 29.0 Å². The number of hydrogen-bond acceptors (Lipinski definition) is 5. The summed E-state index contributed by atoms with van der Waals surface area (Å²) < 4.78 is 1.77. The number of carbonyl (C=O) groups is 2. The number of thiazole rings is 1. The van der Waals surface area contributed by atoms with Crippen molar-refractivity contribution in [3.05, 3.63) is 77.7 Å². The summed E-state index contributed by atoms with van der Waals surface area (Å²) in [6, 6.07) is 13.8. The van der Waals surface area contributed by atoms with Crippen LogP contribution in [-0.2, 0) is 4.79 Å². The van der Waals surface area contributed by atoms with Crippen molar-refractivity contribution in [2.45, 2.75) is 13.7 Å². The molecule has 0 spiro atoms. The van der Waals surface area contributed by atoms with E-state index in [0.717, 1.165) is 28.1 Å². The number of amides is 2. The number of hydrogen-bond donors (Lipinski definition) is 2. The second-order valence-electron chi connectivity index (χ2n) is 7.14. The number of anilines is 1. The minimum atomic E-state index is -0.332. The number of rotatable bonds is 7. The Bertz CT molecular complexity index is 1270. The molecule has 1 radical (unpaired) electrons.